The Hall–Kier alpha value is -4.97. The molecule has 0 saturated carbocycles. The van der Waals surface area contributed by atoms with Crippen molar-refractivity contribution in [2.24, 2.45) is 0 Å². The first-order valence-corrected chi connectivity index (χ1v) is 23.2. The van der Waals surface area contributed by atoms with Crippen LogP contribution in [0, 0.1) is 0 Å². The van der Waals surface area contributed by atoms with E-state index in [4.69, 9.17) is 61.4 Å². The highest BCUT2D eigenvalue weighted by molar-refractivity contribution is 8.27. The van der Waals surface area contributed by atoms with Crippen molar-refractivity contribution in [2.75, 3.05) is 33.9 Å². The van der Waals surface area contributed by atoms with Gasteiger partial charge < -0.3 is 24.8 Å². The number of carboxylic acid groups (broad SMARTS) is 3. The van der Waals surface area contributed by atoms with Gasteiger partial charge in [0.25, 0.3) is 17.7 Å². The van der Waals surface area contributed by atoms with Gasteiger partial charge in [0.05, 0.1) is 34.6 Å². The van der Waals surface area contributed by atoms with Crippen molar-refractivity contribution < 1.29 is 53.6 Å². The van der Waals surface area contributed by atoms with Crippen LogP contribution in [0.2, 0.25) is 0 Å². The average Bonchev–Trinajstić information content (AvgIpc) is 3.99. The van der Waals surface area contributed by atoms with E-state index in [1.54, 1.807) is 68.2 Å². The van der Waals surface area contributed by atoms with Crippen LogP contribution in [0.15, 0.2) is 74.8 Å². The fourth-order valence-electron chi connectivity index (χ4n) is 5.44. The molecule has 3 aliphatic rings. The summed E-state index contributed by atoms with van der Waals surface area (Å²) >= 11 is 20.8. The smallest absolute Gasteiger partial charge is 0.303 e. The number of thiophene rings is 1. The van der Waals surface area contributed by atoms with Crippen molar-refractivity contribution in [1.29, 1.82) is 0 Å². The number of carboxylic acids is 3. The minimum Gasteiger partial charge on any atom is -0.493 e. The highest BCUT2D eigenvalue weighted by atomic mass is 32.2. The molecule has 3 aliphatic heterocycles. The molecule has 5 heterocycles. The number of aromatic nitrogens is 1. The minimum atomic E-state index is -0.888. The SMILES string of the molecule is COc1ccc(/C=C2\SC(=S)N(CCCC(=O)O)C2=O)cc1OC.O=C(O)CCCN1C(=O)/C(=C/c2ccccn2)SC1=S.O=C(O)CCCN1C(=O)/C(=C/c2cccs2)SC1=S. The molecule has 0 aliphatic carbocycles. The summed E-state index contributed by atoms with van der Waals surface area (Å²) < 4.78 is 11.8. The summed E-state index contributed by atoms with van der Waals surface area (Å²) in [5.41, 5.74) is 1.48. The number of aliphatic carboxylic acids is 3. The van der Waals surface area contributed by atoms with Crippen LogP contribution >= 0.6 is 83.3 Å². The summed E-state index contributed by atoms with van der Waals surface area (Å²) in [6, 6.07) is 14.6. The van der Waals surface area contributed by atoms with E-state index < -0.39 is 17.9 Å². The van der Waals surface area contributed by atoms with E-state index in [-0.39, 0.29) is 37.0 Å². The molecule has 0 bridgehead atoms. The van der Waals surface area contributed by atoms with Crippen LogP contribution in [0.3, 0.4) is 0 Å². The fourth-order valence-corrected chi connectivity index (χ4v) is 10.1. The Labute approximate surface area is 395 Å². The van der Waals surface area contributed by atoms with Gasteiger partial charge in [0.1, 0.15) is 13.0 Å². The molecule has 0 atom stereocenters. The molecule has 0 spiro atoms. The molecular weight excluding hydrogens is 949 g/mol. The quantitative estimate of drug-likeness (QED) is 0.0874. The molecule has 3 aromatic rings. The average molecular weight is 989 g/mol. The van der Waals surface area contributed by atoms with Crippen molar-refractivity contribution in [3.8, 4) is 11.5 Å². The number of thioether (sulfide) groups is 3. The monoisotopic (exact) mass is 988 g/mol. The van der Waals surface area contributed by atoms with Crippen LogP contribution < -0.4 is 9.47 Å². The molecule has 2 aromatic heterocycles. The lowest BCUT2D eigenvalue weighted by Crippen LogP contribution is -2.29. The molecule has 15 nitrogen and oxygen atoms in total. The van der Waals surface area contributed by atoms with Gasteiger partial charge in [-0.25, -0.2) is 0 Å². The maximum absolute atomic E-state index is 12.4. The van der Waals surface area contributed by atoms with Gasteiger partial charge in [0.15, 0.2) is 11.5 Å². The first-order valence-electron chi connectivity index (χ1n) is 18.7. The number of hydrogen-bond donors (Lipinski definition) is 3. The number of ether oxygens (including phenoxy) is 2. The summed E-state index contributed by atoms with van der Waals surface area (Å²) in [5, 5.41) is 27.8. The molecule has 0 unspecified atom stereocenters. The lowest BCUT2D eigenvalue weighted by Gasteiger charge is -2.13. The molecule has 22 heteroatoms. The van der Waals surface area contributed by atoms with Gasteiger partial charge in [0, 0.05) is 50.0 Å². The van der Waals surface area contributed by atoms with Gasteiger partial charge in [-0.1, -0.05) is 90.1 Å². The van der Waals surface area contributed by atoms with Gasteiger partial charge in [0.2, 0.25) is 0 Å². The Bertz CT molecular complexity index is 2320. The first kappa shape index (κ1) is 50.7. The molecule has 0 radical (unpaired) electrons. The molecule has 3 saturated heterocycles. The fraction of sp³-hybridized carbons (Fsp3) is 0.268. The number of rotatable bonds is 17. The molecular formula is C41H40N4O11S7. The van der Waals surface area contributed by atoms with Crippen LogP contribution in [0.5, 0.6) is 11.5 Å². The predicted molar refractivity (Wildman–Crippen MR) is 258 cm³/mol. The molecule has 6 rings (SSSR count). The predicted octanol–water partition coefficient (Wildman–Crippen LogP) is 7.73. The summed E-state index contributed by atoms with van der Waals surface area (Å²) in [7, 11) is 3.10. The lowest BCUT2D eigenvalue weighted by molar-refractivity contribution is -0.138. The Morgan fingerprint density at radius 3 is 1.52 bits per heavy atom. The van der Waals surface area contributed by atoms with E-state index in [1.807, 2.05) is 35.7 Å². The topological polar surface area (TPSA) is 204 Å². The number of thiocarbonyl (C=S) groups is 3. The molecule has 332 valence electrons. The number of nitrogens with zero attached hydrogens (tertiary/aromatic N) is 4. The summed E-state index contributed by atoms with van der Waals surface area (Å²) in [4.78, 5) is 79.3. The Morgan fingerprint density at radius 1 is 0.635 bits per heavy atom. The number of benzene rings is 1. The Morgan fingerprint density at radius 2 is 1.11 bits per heavy atom. The first-order chi connectivity index (χ1) is 30.1. The highest BCUT2D eigenvalue weighted by Gasteiger charge is 2.33. The maximum Gasteiger partial charge on any atom is 0.303 e. The molecule has 1 aromatic carbocycles. The maximum atomic E-state index is 12.4. The Kier molecular flexibility index (Phi) is 20.4. The largest absolute Gasteiger partial charge is 0.493 e. The summed E-state index contributed by atoms with van der Waals surface area (Å²) in [6.07, 6.45) is 8.14. The number of carbonyl (C=O) groups excluding carboxylic acids is 3. The third-order valence-electron chi connectivity index (χ3n) is 8.43. The van der Waals surface area contributed by atoms with Crippen LogP contribution in [-0.2, 0) is 28.8 Å². The van der Waals surface area contributed by atoms with Crippen molar-refractivity contribution in [1.82, 2.24) is 19.7 Å². The number of amides is 3. The normalized spacial score (nSPS) is 16.7. The highest BCUT2D eigenvalue weighted by Crippen LogP contribution is 2.36. The number of carbonyl (C=O) groups is 6. The molecule has 3 N–H and O–H groups in total. The standard InChI is InChI=1S/C16H17NO5S2.C13H12N2O3S2.C12H11NO3S3/c1-21-11-6-5-10(8-12(11)22-2)9-13-15(20)17(16(23)24-13)7-3-4-14(18)19;16-11(17)5-3-7-15-12(18)10(20-13(15)19)8-9-4-1-2-6-14-9;14-10(15)4-1-5-13-11(16)9(19-12(13)17)7-8-3-2-6-18-8/h5-6,8-9H,3-4,7H2,1-2H3,(H,18,19);1-2,4,6,8H,3,5,7H2,(H,16,17);2-3,6-7H,1,4-5H2,(H,14,15)/b13-9-;10-8-;9-7-. The second-order valence-corrected chi connectivity index (χ2v) is 18.9. The van der Waals surface area contributed by atoms with Gasteiger partial charge in [-0.3, -0.25) is 48.5 Å². The zero-order valence-corrected chi connectivity index (χ0v) is 39.3. The zero-order chi connectivity index (χ0) is 46.1. The van der Waals surface area contributed by atoms with E-state index in [0.29, 0.717) is 83.8 Å². The number of hydrogen-bond acceptors (Lipinski definition) is 16. The molecule has 3 amide bonds. The van der Waals surface area contributed by atoms with Crippen LogP contribution in [-0.4, -0.2) is 117 Å². The van der Waals surface area contributed by atoms with E-state index in [0.717, 1.165) is 10.4 Å². The van der Waals surface area contributed by atoms with Gasteiger partial charge in [-0.2, -0.15) is 0 Å². The summed E-state index contributed by atoms with van der Waals surface area (Å²) in [6.45, 7) is 0.996. The second-order valence-electron chi connectivity index (χ2n) is 12.9. The third-order valence-corrected chi connectivity index (χ3v) is 13.4. The van der Waals surface area contributed by atoms with Crippen molar-refractivity contribution in [3.63, 3.8) is 0 Å². The van der Waals surface area contributed by atoms with Crippen LogP contribution in [0.4, 0.5) is 0 Å². The van der Waals surface area contributed by atoms with Gasteiger partial charge in [-0.05, 0) is 78.8 Å². The zero-order valence-electron chi connectivity index (χ0n) is 33.6. The lowest BCUT2D eigenvalue weighted by atomic mass is 10.2. The number of methoxy groups -OCH3 is 2. The van der Waals surface area contributed by atoms with Crippen molar-refractivity contribution >= 4 is 150 Å². The number of pyridine rings is 1. The van der Waals surface area contributed by atoms with Crippen molar-refractivity contribution in [3.05, 3.63) is 91.0 Å². The Balaban J connectivity index is 0.000000209. The van der Waals surface area contributed by atoms with Gasteiger partial charge >= 0.3 is 17.9 Å². The molecule has 63 heavy (non-hydrogen) atoms. The third kappa shape index (κ3) is 15.7. The van der Waals surface area contributed by atoms with E-state index in [9.17, 15) is 28.8 Å². The van der Waals surface area contributed by atoms with Gasteiger partial charge in [-0.15, -0.1) is 11.3 Å². The minimum absolute atomic E-state index is 0.00574. The second kappa shape index (κ2) is 25.4. The van der Waals surface area contributed by atoms with Crippen LogP contribution in [0.25, 0.3) is 18.2 Å². The van der Waals surface area contributed by atoms with Crippen LogP contribution in [0.1, 0.15) is 54.7 Å². The van der Waals surface area contributed by atoms with Crippen molar-refractivity contribution in [2.45, 2.75) is 38.5 Å². The summed E-state index contributed by atoms with van der Waals surface area (Å²) in [5.74, 6) is -1.96. The van der Waals surface area contributed by atoms with E-state index in [2.05, 4.69) is 4.98 Å². The molecule has 3 fully saturated rings. The van der Waals surface area contributed by atoms with E-state index in [1.165, 1.54) is 50.0 Å². The van der Waals surface area contributed by atoms with E-state index >= 15 is 0 Å².